The molecule has 1 amide bonds. The van der Waals surface area contributed by atoms with Crippen molar-refractivity contribution in [2.75, 3.05) is 0 Å². The van der Waals surface area contributed by atoms with Crippen LogP contribution in [-0.4, -0.2) is 17.2 Å². The molecule has 0 fully saturated rings. The highest BCUT2D eigenvalue weighted by atomic mass is 127. The van der Waals surface area contributed by atoms with Gasteiger partial charge in [0.25, 0.3) is 5.91 Å². The van der Waals surface area contributed by atoms with Crippen molar-refractivity contribution in [2.45, 2.75) is 0 Å². The molecule has 0 aliphatic carbocycles. The number of rotatable bonds is 3. The molecule has 8 heteroatoms. The van der Waals surface area contributed by atoms with Crippen LogP contribution >= 0.6 is 45.2 Å². The summed E-state index contributed by atoms with van der Waals surface area (Å²) in [7, 11) is 0. The van der Waals surface area contributed by atoms with E-state index in [0.717, 1.165) is 6.07 Å². The van der Waals surface area contributed by atoms with Gasteiger partial charge in [0, 0.05) is 0 Å². The number of hydrogen-bond acceptors (Lipinski definition) is 4. The maximum absolute atomic E-state index is 13.7. The number of phenols is 1. The monoisotopic (exact) mass is 535 g/mol. The van der Waals surface area contributed by atoms with Gasteiger partial charge in [-0.25, -0.2) is 9.82 Å². The van der Waals surface area contributed by atoms with Gasteiger partial charge in [0.1, 0.15) is 11.6 Å². The molecule has 2 aromatic carbocycles. The Hall–Kier alpha value is -1.74. The quantitative estimate of drug-likeness (QED) is 0.360. The second-order valence-corrected chi connectivity index (χ2v) is 6.66. The van der Waals surface area contributed by atoms with Crippen LogP contribution < -0.4 is 5.43 Å². The minimum Gasteiger partial charge on any atom is -0.506 e. The predicted molar refractivity (Wildman–Crippen MR) is 99.7 cm³/mol. The second-order valence-electron chi connectivity index (χ2n) is 4.34. The Bertz CT molecular complexity index is 824. The molecule has 23 heavy (non-hydrogen) atoms. The van der Waals surface area contributed by atoms with Crippen LogP contribution in [0.2, 0.25) is 0 Å². The summed E-state index contributed by atoms with van der Waals surface area (Å²) < 4.78 is 15.0. The molecule has 0 bridgehead atoms. The van der Waals surface area contributed by atoms with Crippen molar-refractivity contribution < 1.29 is 14.3 Å². The van der Waals surface area contributed by atoms with E-state index in [2.05, 4.69) is 10.5 Å². The molecule has 0 saturated heterocycles. The van der Waals surface area contributed by atoms with Crippen LogP contribution in [0.3, 0.4) is 0 Å². The Balaban J connectivity index is 2.12. The van der Waals surface area contributed by atoms with E-state index in [-0.39, 0.29) is 16.9 Å². The second kappa shape index (κ2) is 7.69. The number of hydrogen-bond donors (Lipinski definition) is 2. The smallest absolute Gasteiger partial charge is 0.274 e. The SMILES string of the molecule is N#Cc1ccc(C(=O)N/N=C\c2cc(I)c(O)c(I)c2)c(F)c1. The summed E-state index contributed by atoms with van der Waals surface area (Å²) in [6.07, 6.45) is 1.39. The van der Waals surface area contributed by atoms with Gasteiger partial charge in [0.15, 0.2) is 0 Å². The van der Waals surface area contributed by atoms with Crippen molar-refractivity contribution in [3.63, 3.8) is 0 Å². The molecule has 116 valence electrons. The molecule has 0 radical (unpaired) electrons. The average Bonchev–Trinajstić information content (AvgIpc) is 2.52. The van der Waals surface area contributed by atoms with Crippen molar-refractivity contribution in [2.24, 2.45) is 5.10 Å². The first-order valence-corrected chi connectivity index (χ1v) is 8.29. The number of benzene rings is 2. The minimum absolute atomic E-state index is 0.135. The molecule has 0 aliphatic rings. The van der Waals surface area contributed by atoms with Crippen molar-refractivity contribution in [1.82, 2.24) is 5.43 Å². The fourth-order valence-corrected chi connectivity index (χ4v) is 3.47. The van der Waals surface area contributed by atoms with Gasteiger partial charge >= 0.3 is 0 Å². The zero-order valence-corrected chi connectivity index (χ0v) is 15.7. The van der Waals surface area contributed by atoms with Gasteiger partial charge < -0.3 is 5.11 Å². The lowest BCUT2D eigenvalue weighted by Crippen LogP contribution is -2.19. The number of hydrazone groups is 1. The summed E-state index contributed by atoms with van der Waals surface area (Å²) in [5, 5.41) is 22.1. The van der Waals surface area contributed by atoms with E-state index in [9.17, 15) is 14.3 Å². The first-order chi connectivity index (χ1) is 10.9. The lowest BCUT2D eigenvalue weighted by Gasteiger charge is -2.03. The summed E-state index contributed by atoms with van der Waals surface area (Å²) in [6, 6.07) is 8.74. The number of phenolic OH excluding ortho intramolecular Hbond substituents is 1. The molecular formula is C15H8FI2N3O2. The standard InChI is InChI=1S/C15H8FI2N3O2/c16-11-3-8(6-19)1-2-10(11)15(23)21-20-7-9-4-12(17)14(22)13(18)5-9/h1-5,7,22H,(H,21,23)/b20-7-. The van der Waals surface area contributed by atoms with Crippen molar-refractivity contribution >= 4 is 57.3 Å². The van der Waals surface area contributed by atoms with Crippen LogP contribution in [-0.2, 0) is 0 Å². The van der Waals surface area contributed by atoms with Crippen LogP contribution in [0.25, 0.3) is 0 Å². The Morgan fingerprint density at radius 1 is 1.30 bits per heavy atom. The van der Waals surface area contributed by atoms with Crippen molar-refractivity contribution in [3.05, 3.63) is 60.0 Å². The van der Waals surface area contributed by atoms with E-state index >= 15 is 0 Å². The van der Waals surface area contributed by atoms with E-state index in [1.807, 2.05) is 45.2 Å². The van der Waals surface area contributed by atoms with E-state index < -0.39 is 11.7 Å². The number of carbonyl (C=O) groups excluding carboxylic acids is 1. The highest BCUT2D eigenvalue weighted by Gasteiger charge is 2.11. The Morgan fingerprint density at radius 3 is 2.52 bits per heavy atom. The summed E-state index contributed by atoms with van der Waals surface area (Å²) in [4.78, 5) is 11.9. The van der Waals surface area contributed by atoms with E-state index in [1.54, 1.807) is 18.2 Å². The fraction of sp³-hybridized carbons (Fsp3) is 0. The van der Waals surface area contributed by atoms with Gasteiger partial charge in [-0.15, -0.1) is 0 Å². The highest BCUT2D eigenvalue weighted by molar-refractivity contribution is 14.1. The molecule has 5 nitrogen and oxygen atoms in total. The molecule has 0 aliphatic heterocycles. The lowest BCUT2D eigenvalue weighted by molar-refractivity contribution is 0.0951. The highest BCUT2D eigenvalue weighted by Crippen LogP contribution is 2.26. The first-order valence-electron chi connectivity index (χ1n) is 6.13. The average molecular weight is 535 g/mol. The molecule has 0 atom stereocenters. The van der Waals surface area contributed by atoms with Gasteiger partial charge in [-0.1, -0.05) is 0 Å². The number of nitriles is 1. The van der Waals surface area contributed by atoms with E-state index in [4.69, 9.17) is 5.26 Å². The van der Waals surface area contributed by atoms with Crippen LogP contribution in [0.15, 0.2) is 35.4 Å². The Labute approximate surface area is 158 Å². The van der Waals surface area contributed by atoms with Gasteiger partial charge in [-0.2, -0.15) is 10.4 Å². The van der Waals surface area contributed by atoms with E-state index in [0.29, 0.717) is 12.7 Å². The third-order valence-corrected chi connectivity index (χ3v) is 4.41. The van der Waals surface area contributed by atoms with Crippen LogP contribution in [0.1, 0.15) is 21.5 Å². The molecule has 2 rings (SSSR count). The Kier molecular flexibility index (Phi) is 5.89. The molecule has 0 heterocycles. The van der Waals surface area contributed by atoms with Gasteiger partial charge in [-0.3, -0.25) is 4.79 Å². The summed E-state index contributed by atoms with van der Waals surface area (Å²) in [5.41, 5.74) is 2.83. The lowest BCUT2D eigenvalue weighted by atomic mass is 10.1. The minimum atomic E-state index is -0.787. The number of aromatic hydroxyl groups is 1. The maximum Gasteiger partial charge on any atom is 0.274 e. The molecule has 0 aromatic heterocycles. The number of amides is 1. The molecular weight excluding hydrogens is 527 g/mol. The van der Waals surface area contributed by atoms with Gasteiger partial charge in [0.2, 0.25) is 0 Å². The third-order valence-electron chi connectivity index (χ3n) is 2.76. The summed E-state index contributed by atoms with van der Waals surface area (Å²) in [5.74, 6) is -1.32. The summed E-state index contributed by atoms with van der Waals surface area (Å²) >= 11 is 3.96. The van der Waals surface area contributed by atoms with Crippen molar-refractivity contribution in [3.8, 4) is 11.8 Å². The fourth-order valence-electron chi connectivity index (χ4n) is 1.65. The number of halogens is 3. The predicted octanol–water partition coefficient (Wildman–Crippen LogP) is 3.38. The van der Waals surface area contributed by atoms with Crippen LogP contribution in [0.4, 0.5) is 4.39 Å². The number of nitrogens with zero attached hydrogens (tertiary/aromatic N) is 2. The van der Waals surface area contributed by atoms with Crippen LogP contribution in [0.5, 0.6) is 5.75 Å². The largest absolute Gasteiger partial charge is 0.506 e. The van der Waals surface area contributed by atoms with Gasteiger partial charge in [-0.05, 0) is 81.1 Å². The zero-order chi connectivity index (χ0) is 17.0. The molecule has 2 N–H and O–H groups in total. The number of carbonyl (C=O) groups is 1. The maximum atomic E-state index is 13.7. The Morgan fingerprint density at radius 2 is 1.96 bits per heavy atom. The third kappa shape index (κ3) is 4.38. The molecule has 2 aromatic rings. The van der Waals surface area contributed by atoms with E-state index in [1.165, 1.54) is 18.3 Å². The van der Waals surface area contributed by atoms with Crippen LogP contribution in [0, 0.1) is 24.3 Å². The normalized spacial score (nSPS) is 10.5. The topological polar surface area (TPSA) is 85.5 Å². The number of nitrogens with one attached hydrogen (secondary N) is 1. The van der Waals surface area contributed by atoms with Gasteiger partial charge in [0.05, 0.1) is 30.6 Å². The molecule has 0 saturated carbocycles. The molecule has 0 unspecified atom stereocenters. The zero-order valence-electron chi connectivity index (χ0n) is 11.3. The first kappa shape index (κ1) is 17.6. The van der Waals surface area contributed by atoms with Crippen molar-refractivity contribution in [1.29, 1.82) is 5.26 Å². The molecule has 0 spiro atoms. The summed E-state index contributed by atoms with van der Waals surface area (Å²) in [6.45, 7) is 0.